The number of nitrogens with zero attached hydrogens (tertiary/aromatic N) is 2. The first kappa shape index (κ1) is 12.3. The third kappa shape index (κ3) is 3.68. The molecular weight excluding hydrogens is 230 g/mol. The number of rotatable bonds is 4. The zero-order valence-electron chi connectivity index (χ0n) is 10.6. The van der Waals surface area contributed by atoms with Gasteiger partial charge < -0.3 is 9.88 Å². The first-order valence-electron chi connectivity index (χ1n) is 5.81. The van der Waals surface area contributed by atoms with Crippen LogP contribution in [0.3, 0.4) is 0 Å². The van der Waals surface area contributed by atoms with Gasteiger partial charge in [0.15, 0.2) is 0 Å². The van der Waals surface area contributed by atoms with Crippen LogP contribution in [0.5, 0.6) is 0 Å². The van der Waals surface area contributed by atoms with Crippen molar-refractivity contribution >= 4 is 11.3 Å². The van der Waals surface area contributed by atoms with Gasteiger partial charge in [-0.3, -0.25) is 0 Å². The van der Waals surface area contributed by atoms with Gasteiger partial charge in [0.25, 0.3) is 0 Å². The van der Waals surface area contributed by atoms with Crippen molar-refractivity contribution in [3.63, 3.8) is 0 Å². The summed E-state index contributed by atoms with van der Waals surface area (Å²) >= 11 is 1.78. The smallest absolute Gasteiger partial charge is 0.0952 e. The van der Waals surface area contributed by atoms with E-state index >= 15 is 0 Å². The molecule has 2 aromatic rings. The number of nitrogens with one attached hydrogen (secondary N) is 1. The van der Waals surface area contributed by atoms with E-state index in [1.54, 1.807) is 11.3 Å². The first-order valence-corrected chi connectivity index (χ1v) is 6.69. The van der Waals surface area contributed by atoms with Gasteiger partial charge in [-0.05, 0) is 32.2 Å². The van der Waals surface area contributed by atoms with Crippen LogP contribution in [0.2, 0.25) is 0 Å². The third-order valence-corrected chi connectivity index (χ3v) is 3.37. The fourth-order valence-corrected chi connectivity index (χ4v) is 2.27. The number of thiophene rings is 1. The average Bonchev–Trinajstić information content (AvgIpc) is 2.86. The van der Waals surface area contributed by atoms with E-state index in [0.29, 0.717) is 0 Å². The lowest BCUT2D eigenvalue weighted by atomic mass is 10.1. The van der Waals surface area contributed by atoms with Gasteiger partial charge in [0.05, 0.1) is 18.6 Å². The van der Waals surface area contributed by atoms with Gasteiger partial charge >= 0.3 is 0 Å². The molecule has 17 heavy (non-hydrogen) atoms. The van der Waals surface area contributed by atoms with E-state index in [2.05, 4.69) is 53.2 Å². The summed E-state index contributed by atoms with van der Waals surface area (Å²) in [6.45, 7) is 8.29. The Kier molecular flexibility index (Phi) is 3.64. The standard InChI is InChI=1S/C13H19N3S/c1-13(2,3)15-8-11-7-14-10-16(11)9-12-5-4-6-17-12/h4-7,10,15H,8-9H2,1-3H3. The van der Waals surface area contributed by atoms with Gasteiger partial charge in [0.1, 0.15) is 0 Å². The highest BCUT2D eigenvalue weighted by molar-refractivity contribution is 7.09. The van der Waals surface area contributed by atoms with Crippen molar-refractivity contribution in [3.05, 3.63) is 40.6 Å². The zero-order valence-corrected chi connectivity index (χ0v) is 11.4. The summed E-state index contributed by atoms with van der Waals surface area (Å²) in [4.78, 5) is 5.59. The predicted molar refractivity (Wildman–Crippen MR) is 72.2 cm³/mol. The molecule has 0 amide bonds. The molecule has 0 spiro atoms. The summed E-state index contributed by atoms with van der Waals surface area (Å²) in [5.74, 6) is 0. The SMILES string of the molecule is CC(C)(C)NCc1cncn1Cc1cccs1. The van der Waals surface area contributed by atoms with Crippen molar-refractivity contribution < 1.29 is 0 Å². The van der Waals surface area contributed by atoms with Crippen LogP contribution in [0.25, 0.3) is 0 Å². The molecule has 2 rings (SSSR count). The van der Waals surface area contributed by atoms with Crippen molar-refractivity contribution in [1.29, 1.82) is 0 Å². The summed E-state index contributed by atoms with van der Waals surface area (Å²) in [5.41, 5.74) is 1.37. The van der Waals surface area contributed by atoms with Gasteiger partial charge in [-0.15, -0.1) is 11.3 Å². The van der Waals surface area contributed by atoms with Gasteiger partial charge in [-0.25, -0.2) is 4.98 Å². The maximum absolute atomic E-state index is 4.23. The van der Waals surface area contributed by atoms with Crippen LogP contribution >= 0.6 is 11.3 Å². The van der Waals surface area contributed by atoms with Gasteiger partial charge in [-0.2, -0.15) is 0 Å². The molecular formula is C13H19N3S. The van der Waals surface area contributed by atoms with Gasteiger partial charge in [0, 0.05) is 23.2 Å². The normalized spacial score (nSPS) is 11.9. The summed E-state index contributed by atoms with van der Waals surface area (Å²) in [6, 6.07) is 4.25. The predicted octanol–water partition coefficient (Wildman–Crippen LogP) is 2.88. The molecule has 0 fully saturated rings. The summed E-state index contributed by atoms with van der Waals surface area (Å²) < 4.78 is 2.20. The largest absolute Gasteiger partial charge is 0.328 e. The molecule has 92 valence electrons. The quantitative estimate of drug-likeness (QED) is 0.903. The minimum Gasteiger partial charge on any atom is -0.328 e. The highest BCUT2D eigenvalue weighted by Crippen LogP contribution is 2.12. The molecule has 0 atom stereocenters. The van der Waals surface area contributed by atoms with Crippen molar-refractivity contribution in [1.82, 2.24) is 14.9 Å². The molecule has 0 bridgehead atoms. The van der Waals surface area contributed by atoms with Crippen LogP contribution in [-0.4, -0.2) is 15.1 Å². The lowest BCUT2D eigenvalue weighted by Crippen LogP contribution is -2.35. The Morgan fingerprint density at radius 3 is 2.88 bits per heavy atom. The van der Waals surface area contributed by atoms with E-state index in [1.165, 1.54) is 10.6 Å². The second kappa shape index (κ2) is 5.02. The van der Waals surface area contributed by atoms with Crippen LogP contribution < -0.4 is 5.32 Å². The molecule has 0 aliphatic heterocycles. The molecule has 0 aliphatic rings. The minimum atomic E-state index is 0.137. The molecule has 0 aromatic carbocycles. The van der Waals surface area contributed by atoms with Gasteiger partial charge in [-0.1, -0.05) is 6.07 Å². The van der Waals surface area contributed by atoms with Crippen molar-refractivity contribution in [2.75, 3.05) is 0 Å². The monoisotopic (exact) mass is 249 g/mol. The van der Waals surface area contributed by atoms with Crippen molar-refractivity contribution in [2.24, 2.45) is 0 Å². The Bertz CT molecular complexity index is 451. The van der Waals surface area contributed by atoms with E-state index in [0.717, 1.165) is 13.1 Å². The second-order valence-electron chi connectivity index (χ2n) is 5.20. The van der Waals surface area contributed by atoms with Crippen LogP contribution in [-0.2, 0) is 13.1 Å². The first-order chi connectivity index (χ1) is 8.04. The average molecular weight is 249 g/mol. The Labute approximate surface area is 107 Å². The number of hydrogen-bond acceptors (Lipinski definition) is 3. The Balaban J connectivity index is 2.02. The zero-order chi connectivity index (χ0) is 12.3. The third-order valence-electron chi connectivity index (χ3n) is 2.50. The fraction of sp³-hybridized carbons (Fsp3) is 0.462. The molecule has 0 aliphatic carbocycles. The lowest BCUT2D eigenvalue weighted by Gasteiger charge is -2.20. The van der Waals surface area contributed by atoms with Crippen LogP contribution in [0.1, 0.15) is 31.3 Å². The van der Waals surface area contributed by atoms with E-state index in [4.69, 9.17) is 0 Å². The molecule has 0 unspecified atom stereocenters. The van der Waals surface area contributed by atoms with Crippen LogP contribution in [0.15, 0.2) is 30.0 Å². The Morgan fingerprint density at radius 1 is 1.41 bits per heavy atom. The number of aromatic nitrogens is 2. The Hall–Kier alpha value is -1.13. The van der Waals surface area contributed by atoms with E-state index in [9.17, 15) is 0 Å². The maximum atomic E-state index is 4.23. The highest BCUT2D eigenvalue weighted by atomic mass is 32.1. The van der Waals surface area contributed by atoms with Crippen LogP contribution in [0.4, 0.5) is 0 Å². The Morgan fingerprint density at radius 2 is 2.24 bits per heavy atom. The molecule has 3 nitrogen and oxygen atoms in total. The number of imidazole rings is 1. The van der Waals surface area contributed by atoms with Crippen molar-refractivity contribution in [3.8, 4) is 0 Å². The maximum Gasteiger partial charge on any atom is 0.0952 e. The molecule has 0 saturated carbocycles. The van der Waals surface area contributed by atoms with E-state index in [1.807, 2.05) is 12.5 Å². The summed E-state index contributed by atoms with van der Waals surface area (Å²) in [7, 11) is 0. The fourth-order valence-electron chi connectivity index (χ4n) is 1.56. The lowest BCUT2D eigenvalue weighted by molar-refractivity contribution is 0.417. The van der Waals surface area contributed by atoms with Gasteiger partial charge in [0.2, 0.25) is 0 Å². The summed E-state index contributed by atoms with van der Waals surface area (Å²) in [6.07, 6.45) is 3.84. The van der Waals surface area contributed by atoms with E-state index in [-0.39, 0.29) is 5.54 Å². The van der Waals surface area contributed by atoms with Crippen LogP contribution in [0, 0.1) is 0 Å². The minimum absolute atomic E-state index is 0.137. The van der Waals surface area contributed by atoms with E-state index < -0.39 is 0 Å². The second-order valence-corrected chi connectivity index (χ2v) is 6.23. The number of hydrogen-bond donors (Lipinski definition) is 1. The molecule has 4 heteroatoms. The molecule has 0 saturated heterocycles. The highest BCUT2D eigenvalue weighted by Gasteiger charge is 2.10. The summed E-state index contributed by atoms with van der Waals surface area (Å²) in [5, 5.41) is 5.60. The molecule has 0 radical (unpaired) electrons. The topological polar surface area (TPSA) is 29.9 Å². The molecule has 2 heterocycles. The molecule has 2 aromatic heterocycles. The van der Waals surface area contributed by atoms with Crippen molar-refractivity contribution in [2.45, 2.75) is 39.4 Å². The molecule has 1 N–H and O–H groups in total.